The van der Waals surface area contributed by atoms with Crippen molar-refractivity contribution in [1.29, 1.82) is 0 Å². The lowest BCUT2D eigenvalue weighted by molar-refractivity contribution is -0.139. The van der Waals surface area contributed by atoms with E-state index in [1.807, 2.05) is 45.9 Å². The fraction of sp³-hybridized carbons (Fsp3) is 0.355. The molecule has 8 nitrogen and oxygen atoms in total. The Balaban J connectivity index is 2.04. The number of hydrogen-bond acceptors (Lipinski definition) is 5. The van der Waals surface area contributed by atoms with Crippen LogP contribution in [0, 0.1) is 19.8 Å². The summed E-state index contributed by atoms with van der Waals surface area (Å²) in [6.45, 7) is 9.45. The van der Waals surface area contributed by atoms with Gasteiger partial charge < -0.3 is 15.0 Å². The third-order valence-corrected chi connectivity index (χ3v) is 8.23. The zero-order valence-electron chi connectivity index (χ0n) is 24.0. The summed E-state index contributed by atoms with van der Waals surface area (Å²) in [5.41, 5.74) is 2.86. The normalized spacial score (nSPS) is 12.1. The van der Waals surface area contributed by atoms with Gasteiger partial charge in [0.2, 0.25) is 11.8 Å². The molecule has 0 saturated heterocycles. The highest BCUT2D eigenvalue weighted by Gasteiger charge is 2.32. The molecule has 214 valence electrons. The molecule has 0 unspecified atom stereocenters. The summed E-state index contributed by atoms with van der Waals surface area (Å²) in [6.07, 6.45) is 0. The van der Waals surface area contributed by atoms with Crippen molar-refractivity contribution < 1.29 is 22.7 Å². The number of methoxy groups -OCH3 is 1. The van der Waals surface area contributed by atoms with Gasteiger partial charge in [0.15, 0.2) is 0 Å². The molecule has 1 N–H and O–H groups in total. The van der Waals surface area contributed by atoms with Gasteiger partial charge in [-0.15, -0.1) is 0 Å². The molecule has 0 saturated carbocycles. The number of nitrogens with zero attached hydrogens (tertiary/aromatic N) is 2. The molecule has 0 aromatic heterocycles. The number of nitrogens with one attached hydrogen (secondary N) is 1. The molecule has 3 rings (SSSR count). The number of amides is 2. The third kappa shape index (κ3) is 7.85. The number of aryl methyl sites for hydroxylation is 2. The minimum absolute atomic E-state index is 0.0732. The Labute approximate surface area is 238 Å². The molecule has 40 heavy (non-hydrogen) atoms. The minimum Gasteiger partial charge on any atom is -0.497 e. The Morgan fingerprint density at radius 3 is 2.15 bits per heavy atom. The fourth-order valence-electron chi connectivity index (χ4n) is 4.35. The fourth-order valence-corrected chi connectivity index (χ4v) is 5.76. The lowest BCUT2D eigenvalue weighted by Crippen LogP contribution is -2.51. The third-order valence-electron chi connectivity index (χ3n) is 6.44. The Hall–Kier alpha value is -3.85. The molecule has 0 spiro atoms. The topological polar surface area (TPSA) is 96.0 Å². The van der Waals surface area contributed by atoms with E-state index < -0.39 is 28.5 Å². The molecule has 0 aliphatic rings. The summed E-state index contributed by atoms with van der Waals surface area (Å²) in [7, 11) is -2.55. The summed E-state index contributed by atoms with van der Waals surface area (Å²) < 4.78 is 34.3. The number of ether oxygens (including phenoxy) is 1. The van der Waals surface area contributed by atoms with Crippen LogP contribution < -0.4 is 14.4 Å². The molecule has 2 amide bonds. The van der Waals surface area contributed by atoms with Crippen molar-refractivity contribution in [2.24, 2.45) is 5.92 Å². The first-order valence-electron chi connectivity index (χ1n) is 13.3. The second-order valence-corrected chi connectivity index (χ2v) is 12.2. The van der Waals surface area contributed by atoms with Crippen LogP contribution in [0.25, 0.3) is 0 Å². The maximum atomic E-state index is 14.0. The van der Waals surface area contributed by atoms with Crippen molar-refractivity contribution in [3.05, 3.63) is 89.5 Å². The van der Waals surface area contributed by atoms with E-state index in [4.69, 9.17) is 4.74 Å². The van der Waals surface area contributed by atoms with Crippen LogP contribution in [-0.2, 0) is 26.2 Å². The van der Waals surface area contributed by atoms with Crippen LogP contribution >= 0.6 is 0 Å². The molecule has 1 atom stereocenters. The quantitative estimate of drug-likeness (QED) is 0.344. The summed E-state index contributed by atoms with van der Waals surface area (Å²) >= 11 is 0. The van der Waals surface area contributed by atoms with Gasteiger partial charge in [0.05, 0.1) is 17.7 Å². The Morgan fingerprint density at radius 2 is 1.55 bits per heavy atom. The van der Waals surface area contributed by atoms with Gasteiger partial charge in [-0.05, 0) is 79.8 Å². The smallest absolute Gasteiger partial charge is 0.264 e. The number of benzene rings is 3. The first kappa shape index (κ1) is 30.7. The second kappa shape index (κ2) is 13.5. The van der Waals surface area contributed by atoms with Gasteiger partial charge in [0, 0.05) is 13.1 Å². The Morgan fingerprint density at radius 1 is 0.900 bits per heavy atom. The van der Waals surface area contributed by atoms with Crippen LogP contribution in [0.5, 0.6) is 5.75 Å². The highest BCUT2D eigenvalue weighted by Crippen LogP contribution is 2.27. The van der Waals surface area contributed by atoms with Gasteiger partial charge in [0.1, 0.15) is 18.3 Å². The molecule has 0 heterocycles. The maximum Gasteiger partial charge on any atom is 0.264 e. The molecular weight excluding hydrogens is 526 g/mol. The molecule has 3 aromatic rings. The van der Waals surface area contributed by atoms with E-state index in [-0.39, 0.29) is 23.3 Å². The predicted molar refractivity (Wildman–Crippen MR) is 158 cm³/mol. The van der Waals surface area contributed by atoms with Crippen LogP contribution in [0.15, 0.2) is 77.7 Å². The maximum absolute atomic E-state index is 14.0. The number of anilines is 1. The van der Waals surface area contributed by atoms with Crippen molar-refractivity contribution in [2.45, 2.75) is 52.1 Å². The van der Waals surface area contributed by atoms with Crippen LogP contribution in [0.4, 0.5) is 5.69 Å². The van der Waals surface area contributed by atoms with Crippen LogP contribution in [0.2, 0.25) is 0 Å². The lowest BCUT2D eigenvalue weighted by Gasteiger charge is -2.32. The first-order chi connectivity index (χ1) is 18.9. The van der Waals surface area contributed by atoms with Crippen LogP contribution in [-0.4, -0.2) is 51.4 Å². The van der Waals surface area contributed by atoms with Crippen molar-refractivity contribution >= 4 is 27.5 Å². The van der Waals surface area contributed by atoms with E-state index in [2.05, 4.69) is 5.32 Å². The van der Waals surface area contributed by atoms with Crippen LogP contribution in [0.3, 0.4) is 0 Å². The van der Waals surface area contributed by atoms with Crippen molar-refractivity contribution in [3.8, 4) is 5.75 Å². The second-order valence-electron chi connectivity index (χ2n) is 10.4. The van der Waals surface area contributed by atoms with Gasteiger partial charge in [-0.3, -0.25) is 13.9 Å². The van der Waals surface area contributed by atoms with Gasteiger partial charge >= 0.3 is 0 Å². The van der Waals surface area contributed by atoms with Crippen molar-refractivity contribution in [3.63, 3.8) is 0 Å². The molecular formula is C31H39N3O5S. The molecule has 0 fully saturated rings. The van der Waals surface area contributed by atoms with E-state index in [0.717, 1.165) is 21.0 Å². The summed E-state index contributed by atoms with van der Waals surface area (Å²) in [4.78, 5) is 28.6. The van der Waals surface area contributed by atoms with E-state index in [9.17, 15) is 18.0 Å². The molecule has 0 aliphatic carbocycles. The molecule has 9 heteroatoms. The monoisotopic (exact) mass is 565 g/mol. The SMILES string of the molecule is COc1cccc(CN(C(=O)CN(c2cc(C)cc(C)c2)S(=O)(=O)c2ccccc2)[C@@H](C)C(=O)NCC(C)C)c1. The zero-order chi connectivity index (χ0) is 29.4. The molecule has 0 radical (unpaired) electrons. The summed E-state index contributed by atoms with van der Waals surface area (Å²) in [6, 6.07) is 19.8. The molecule has 0 aliphatic heterocycles. The zero-order valence-corrected chi connectivity index (χ0v) is 24.9. The van der Waals surface area contributed by atoms with E-state index >= 15 is 0 Å². The van der Waals surface area contributed by atoms with Gasteiger partial charge in [-0.2, -0.15) is 0 Å². The molecule has 3 aromatic carbocycles. The standard InChI is InChI=1S/C31H39N3O5S/c1-22(2)19-32-31(36)25(5)33(20-26-11-10-12-28(18-26)39-6)30(35)21-34(27-16-23(3)15-24(4)17-27)40(37,38)29-13-8-7-9-14-29/h7-18,22,25H,19-21H2,1-6H3,(H,32,36)/t25-/m0/s1. The van der Waals surface area contributed by atoms with E-state index in [1.165, 1.54) is 17.0 Å². The van der Waals surface area contributed by atoms with Gasteiger partial charge in [-0.25, -0.2) is 8.42 Å². The van der Waals surface area contributed by atoms with E-state index in [0.29, 0.717) is 18.0 Å². The Kier molecular flexibility index (Phi) is 10.3. The summed E-state index contributed by atoms with van der Waals surface area (Å²) in [5.74, 6) is 0.0302. The lowest BCUT2D eigenvalue weighted by atomic mass is 10.1. The Bertz CT molecular complexity index is 1400. The number of rotatable bonds is 12. The first-order valence-corrected chi connectivity index (χ1v) is 14.7. The van der Waals surface area contributed by atoms with Gasteiger partial charge in [-0.1, -0.05) is 50.2 Å². The number of carbonyl (C=O) groups excluding carboxylic acids is 2. The van der Waals surface area contributed by atoms with Crippen molar-refractivity contribution in [2.75, 3.05) is 24.5 Å². The summed E-state index contributed by atoms with van der Waals surface area (Å²) in [5, 5.41) is 2.89. The average Bonchev–Trinajstić information content (AvgIpc) is 2.92. The predicted octanol–water partition coefficient (Wildman–Crippen LogP) is 4.70. The van der Waals surface area contributed by atoms with Gasteiger partial charge in [0.25, 0.3) is 10.0 Å². The highest BCUT2D eigenvalue weighted by molar-refractivity contribution is 7.92. The van der Waals surface area contributed by atoms with Crippen molar-refractivity contribution in [1.82, 2.24) is 10.2 Å². The largest absolute Gasteiger partial charge is 0.497 e. The average molecular weight is 566 g/mol. The van der Waals surface area contributed by atoms with E-state index in [1.54, 1.807) is 56.5 Å². The molecule has 0 bridgehead atoms. The van der Waals surface area contributed by atoms with Crippen LogP contribution in [0.1, 0.15) is 37.5 Å². The number of sulfonamides is 1. The number of carbonyl (C=O) groups is 2. The minimum atomic E-state index is -4.10. The number of hydrogen-bond donors (Lipinski definition) is 1. The highest BCUT2D eigenvalue weighted by atomic mass is 32.2.